The Morgan fingerprint density at radius 3 is 2.53 bits per heavy atom. The van der Waals surface area contributed by atoms with Crippen molar-refractivity contribution in [2.24, 2.45) is 0 Å². The minimum atomic E-state index is -0.115. The largest absolute Gasteiger partial charge is 0.306 e. The van der Waals surface area contributed by atoms with Gasteiger partial charge < -0.3 is 5.32 Å². The molecule has 0 radical (unpaired) electrons. The van der Waals surface area contributed by atoms with Crippen molar-refractivity contribution >= 4 is 11.7 Å². The number of amides is 1. The molecule has 0 aliphatic carbocycles. The lowest BCUT2D eigenvalue weighted by atomic mass is 10.0. The summed E-state index contributed by atoms with van der Waals surface area (Å²) in [4.78, 5) is 11.4. The van der Waals surface area contributed by atoms with E-state index in [4.69, 9.17) is 4.63 Å². The number of nitrogens with one attached hydrogen (secondary N) is 1. The maximum Gasteiger partial charge on any atom is 0.225 e. The number of anilines is 1. The molecule has 0 saturated carbocycles. The summed E-state index contributed by atoms with van der Waals surface area (Å²) in [6.07, 6.45) is 0.387. The van der Waals surface area contributed by atoms with Gasteiger partial charge in [-0.15, -0.1) is 0 Å². The number of aromatic nitrogens is 2. The minimum absolute atomic E-state index is 0.115. The van der Waals surface area contributed by atoms with Crippen molar-refractivity contribution in [3.63, 3.8) is 0 Å². The summed E-state index contributed by atoms with van der Waals surface area (Å²) in [5.41, 5.74) is 2.67. The van der Waals surface area contributed by atoms with E-state index in [2.05, 4.69) is 29.5 Å². The van der Waals surface area contributed by atoms with E-state index in [0.29, 0.717) is 23.9 Å². The fourth-order valence-electron chi connectivity index (χ4n) is 1.71. The van der Waals surface area contributed by atoms with Crippen molar-refractivity contribution in [1.82, 2.24) is 10.3 Å². The van der Waals surface area contributed by atoms with Gasteiger partial charge >= 0.3 is 0 Å². The molecule has 1 aromatic carbocycles. The molecular weight excluding hydrogens is 242 g/mol. The van der Waals surface area contributed by atoms with Crippen molar-refractivity contribution in [2.45, 2.75) is 33.1 Å². The highest BCUT2D eigenvalue weighted by Gasteiger charge is 2.14. The van der Waals surface area contributed by atoms with Crippen LogP contribution in [-0.4, -0.2) is 16.2 Å². The molecule has 5 nitrogen and oxygen atoms in total. The summed E-state index contributed by atoms with van der Waals surface area (Å²) in [6, 6.07) is 7.99. The van der Waals surface area contributed by atoms with E-state index in [9.17, 15) is 4.79 Å². The standard InChI is InChI=1S/C14H17N3O2/c1-4-12(18)15-14-13(16-19-17-14)11-7-5-10(6-8-11)9(2)3/h5-9H,4H2,1-3H3,(H,15,17,18). The first-order valence-corrected chi connectivity index (χ1v) is 6.34. The second kappa shape index (κ2) is 5.65. The SMILES string of the molecule is CCC(=O)Nc1nonc1-c1ccc(C(C)C)cc1. The number of carbonyl (C=O) groups is 1. The maximum absolute atomic E-state index is 11.4. The van der Waals surface area contributed by atoms with Crippen LogP contribution in [0.2, 0.25) is 0 Å². The summed E-state index contributed by atoms with van der Waals surface area (Å²) in [6.45, 7) is 6.05. The van der Waals surface area contributed by atoms with E-state index in [1.165, 1.54) is 5.56 Å². The monoisotopic (exact) mass is 259 g/mol. The second-order valence-corrected chi connectivity index (χ2v) is 4.64. The number of carbonyl (C=O) groups excluding carboxylic acids is 1. The first-order chi connectivity index (χ1) is 9.11. The quantitative estimate of drug-likeness (QED) is 0.915. The Bertz CT molecular complexity index is 558. The Hall–Kier alpha value is -2.17. The van der Waals surface area contributed by atoms with Crippen molar-refractivity contribution in [3.8, 4) is 11.3 Å². The Morgan fingerprint density at radius 1 is 1.26 bits per heavy atom. The number of nitrogens with zero attached hydrogens (tertiary/aromatic N) is 2. The Morgan fingerprint density at radius 2 is 1.95 bits per heavy atom. The van der Waals surface area contributed by atoms with Crippen LogP contribution in [0.25, 0.3) is 11.3 Å². The van der Waals surface area contributed by atoms with E-state index in [-0.39, 0.29) is 5.91 Å². The number of hydrogen-bond acceptors (Lipinski definition) is 4. The molecule has 2 aromatic rings. The van der Waals surface area contributed by atoms with Crippen molar-refractivity contribution in [3.05, 3.63) is 29.8 Å². The summed E-state index contributed by atoms with van der Waals surface area (Å²) in [5.74, 6) is 0.726. The van der Waals surface area contributed by atoms with Crippen LogP contribution in [-0.2, 0) is 4.79 Å². The normalized spacial score (nSPS) is 10.7. The Labute approximate surface area is 112 Å². The lowest BCUT2D eigenvalue weighted by molar-refractivity contribution is -0.115. The number of hydrogen-bond donors (Lipinski definition) is 1. The molecule has 0 unspecified atom stereocenters. The van der Waals surface area contributed by atoms with Crippen LogP contribution in [0.5, 0.6) is 0 Å². The highest BCUT2D eigenvalue weighted by Crippen LogP contribution is 2.26. The summed E-state index contributed by atoms with van der Waals surface area (Å²) in [7, 11) is 0. The third-order valence-corrected chi connectivity index (χ3v) is 2.92. The fraction of sp³-hybridized carbons (Fsp3) is 0.357. The van der Waals surface area contributed by atoms with Crippen LogP contribution in [0, 0.1) is 0 Å². The molecule has 0 spiro atoms. The molecule has 0 fully saturated rings. The van der Waals surface area contributed by atoms with Gasteiger partial charge in [-0.2, -0.15) is 0 Å². The molecule has 0 aliphatic heterocycles. The Kier molecular flexibility index (Phi) is 3.94. The molecule has 1 amide bonds. The van der Waals surface area contributed by atoms with Crippen LogP contribution < -0.4 is 5.32 Å². The van der Waals surface area contributed by atoms with Crippen LogP contribution in [0.4, 0.5) is 5.82 Å². The van der Waals surface area contributed by atoms with Crippen molar-refractivity contribution in [2.75, 3.05) is 5.32 Å². The van der Waals surface area contributed by atoms with Gasteiger partial charge in [0, 0.05) is 12.0 Å². The molecule has 0 bridgehead atoms. The van der Waals surface area contributed by atoms with E-state index >= 15 is 0 Å². The topological polar surface area (TPSA) is 68.0 Å². The molecule has 0 atom stereocenters. The number of benzene rings is 1. The molecule has 2 rings (SSSR count). The molecular formula is C14H17N3O2. The summed E-state index contributed by atoms with van der Waals surface area (Å²) in [5, 5.41) is 10.2. The van der Waals surface area contributed by atoms with E-state index in [1.54, 1.807) is 6.92 Å². The molecule has 1 aromatic heterocycles. The lowest BCUT2D eigenvalue weighted by Crippen LogP contribution is -2.10. The zero-order valence-electron chi connectivity index (χ0n) is 11.3. The summed E-state index contributed by atoms with van der Waals surface area (Å²) < 4.78 is 4.71. The van der Waals surface area contributed by atoms with Gasteiger partial charge in [-0.25, -0.2) is 4.63 Å². The summed E-state index contributed by atoms with van der Waals surface area (Å²) >= 11 is 0. The molecule has 0 saturated heterocycles. The fourth-order valence-corrected chi connectivity index (χ4v) is 1.71. The van der Waals surface area contributed by atoms with Gasteiger partial charge in [-0.05, 0) is 21.8 Å². The van der Waals surface area contributed by atoms with Crippen LogP contribution in [0.15, 0.2) is 28.9 Å². The smallest absolute Gasteiger partial charge is 0.225 e. The predicted molar refractivity (Wildman–Crippen MR) is 72.7 cm³/mol. The van der Waals surface area contributed by atoms with E-state index < -0.39 is 0 Å². The zero-order chi connectivity index (χ0) is 13.8. The Balaban J connectivity index is 2.27. The molecule has 0 aliphatic rings. The van der Waals surface area contributed by atoms with Gasteiger partial charge in [0.25, 0.3) is 0 Å². The van der Waals surface area contributed by atoms with Gasteiger partial charge in [-0.3, -0.25) is 4.79 Å². The van der Waals surface area contributed by atoms with Crippen molar-refractivity contribution < 1.29 is 9.42 Å². The van der Waals surface area contributed by atoms with Crippen LogP contribution in [0.3, 0.4) is 0 Å². The zero-order valence-corrected chi connectivity index (χ0v) is 11.3. The molecule has 1 heterocycles. The third kappa shape index (κ3) is 2.99. The van der Waals surface area contributed by atoms with Crippen molar-refractivity contribution in [1.29, 1.82) is 0 Å². The molecule has 100 valence electrons. The van der Waals surface area contributed by atoms with Gasteiger partial charge in [-0.1, -0.05) is 45.0 Å². The first-order valence-electron chi connectivity index (χ1n) is 6.34. The first kappa shape index (κ1) is 13.3. The van der Waals surface area contributed by atoms with Crippen LogP contribution >= 0.6 is 0 Å². The predicted octanol–water partition coefficient (Wildman–Crippen LogP) is 3.21. The average Bonchev–Trinajstić information content (AvgIpc) is 2.86. The van der Waals surface area contributed by atoms with Gasteiger partial charge in [0.1, 0.15) is 0 Å². The molecule has 5 heteroatoms. The highest BCUT2D eigenvalue weighted by molar-refractivity contribution is 5.92. The van der Waals surface area contributed by atoms with Gasteiger partial charge in [0.15, 0.2) is 5.69 Å². The maximum atomic E-state index is 11.4. The van der Waals surface area contributed by atoms with Gasteiger partial charge in [0.05, 0.1) is 0 Å². The lowest BCUT2D eigenvalue weighted by Gasteiger charge is -2.06. The van der Waals surface area contributed by atoms with Crippen LogP contribution in [0.1, 0.15) is 38.7 Å². The second-order valence-electron chi connectivity index (χ2n) is 4.64. The average molecular weight is 259 g/mol. The highest BCUT2D eigenvalue weighted by atomic mass is 16.6. The van der Waals surface area contributed by atoms with E-state index in [1.807, 2.05) is 24.3 Å². The molecule has 1 N–H and O–H groups in total. The number of rotatable bonds is 4. The third-order valence-electron chi connectivity index (χ3n) is 2.92. The van der Waals surface area contributed by atoms with Gasteiger partial charge in [0.2, 0.25) is 11.7 Å². The minimum Gasteiger partial charge on any atom is -0.306 e. The molecule has 19 heavy (non-hydrogen) atoms. The van der Waals surface area contributed by atoms with E-state index in [0.717, 1.165) is 5.56 Å².